The van der Waals surface area contributed by atoms with E-state index >= 15 is 0 Å². The predicted octanol–water partition coefficient (Wildman–Crippen LogP) is 3.03. The molecule has 0 unspecified atom stereocenters. The maximum Gasteiger partial charge on any atom is 0.419 e. The fourth-order valence-electron chi connectivity index (χ4n) is 2.25. The Morgan fingerprint density at radius 2 is 1.84 bits per heavy atom. The molecule has 1 N–H and O–H groups in total. The number of rotatable bonds is 2. The van der Waals surface area contributed by atoms with Crippen LogP contribution in [0, 0.1) is 11.7 Å². The standard InChI is InChI=1S/C13H13F4NO/c14-11-9(2-1-3-10(11)13(15,16)17)12(19)8-4-6-18-7-5-8/h1-3,8,18H,4-7H2. The number of carbonyl (C=O) groups is 1. The molecule has 0 bridgehead atoms. The summed E-state index contributed by atoms with van der Waals surface area (Å²) in [7, 11) is 0. The van der Waals surface area contributed by atoms with Gasteiger partial charge >= 0.3 is 6.18 Å². The van der Waals surface area contributed by atoms with E-state index in [9.17, 15) is 22.4 Å². The van der Waals surface area contributed by atoms with Crippen molar-refractivity contribution in [2.45, 2.75) is 19.0 Å². The van der Waals surface area contributed by atoms with Crippen molar-refractivity contribution >= 4 is 5.78 Å². The highest BCUT2D eigenvalue weighted by molar-refractivity contribution is 5.98. The minimum absolute atomic E-state index is 0.403. The van der Waals surface area contributed by atoms with Crippen molar-refractivity contribution in [3.63, 3.8) is 0 Å². The predicted molar refractivity (Wildman–Crippen MR) is 61.3 cm³/mol. The van der Waals surface area contributed by atoms with E-state index in [1.807, 2.05) is 0 Å². The van der Waals surface area contributed by atoms with Gasteiger partial charge in [-0.3, -0.25) is 4.79 Å². The molecule has 0 aromatic heterocycles. The van der Waals surface area contributed by atoms with Gasteiger partial charge in [-0.15, -0.1) is 0 Å². The molecule has 1 saturated heterocycles. The number of carbonyl (C=O) groups excluding carboxylic acids is 1. The van der Waals surface area contributed by atoms with E-state index in [0.717, 1.165) is 12.1 Å². The Morgan fingerprint density at radius 3 is 2.42 bits per heavy atom. The Kier molecular flexibility index (Phi) is 3.89. The normalized spacial score (nSPS) is 17.5. The molecule has 0 saturated carbocycles. The molecule has 1 heterocycles. The van der Waals surface area contributed by atoms with Crippen LogP contribution in [0.5, 0.6) is 0 Å². The van der Waals surface area contributed by atoms with E-state index < -0.39 is 34.8 Å². The number of hydrogen-bond donors (Lipinski definition) is 1. The van der Waals surface area contributed by atoms with Gasteiger partial charge in [0.1, 0.15) is 5.82 Å². The zero-order chi connectivity index (χ0) is 14.0. The third kappa shape index (κ3) is 2.94. The van der Waals surface area contributed by atoms with Crippen LogP contribution in [-0.2, 0) is 6.18 Å². The second kappa shape index (κ2) is 5.28. The lowest BCUT2D eigenvalue weighted by Gasteiger charge is -2.22. The van der Waals surface area contributed by atoms with Gasteiger partial charge in [-0.05, 0) is 38.1 Å². The Balaban J connectivity index is 2.32. The average Bonchev–Trinajstić information content (AvgIpc) is 2.38. The fourth-order valence-corrected chi connectivity index (χ4v) is 2.25. The van der Waals surface area contributed by atoms with Gasteiger partial charge in [-0.25, -0.2) is 4.39 Å². The molecule has 0 amide bonds. The summed E-state index contributed by atoms with van der Waals surface area (Å²) in [5, 5.41) is 3.05. The maximum absolute atomic E-state index is 13.8. The van der Waals surface area contributed by atoms with Crippen molar-refractivity contribution in [2.24, 2.45) is 5.92 Å². The van der Waals surface area contributed by atoms with Crippen molar-refractivity contribution < 1.29 is 22.4 Å². The molecule has 104 valence electrons. The number of alkyl halides is 3. The molecule has 2 nitrogen and oxygen atoms in total. The summed E-state index contributed by atoms with van der Waals surface area (Å²) in [6, 6.07) is 2.84. The summed E-state index contributed by atoms with van der Waals surface area (Å²) in [6.45, 7) is 1.24. The zero-order valence-corrected chi connectivity index (χ0v) is 10.1. The first-order valence-electron chi connectivity index (χ1n) is 6.02. The first kappa shape index (κ1) is 14.0. The number of benzene rings is 1. The number of nitrogens with one attached hydrogen (secondary N) is 1. The van der Waals surface area contributed by atoms with E-state index in [1.165, 1.54) is 0 Å². The van der Waals surface area contributed by atoms with Crippen LogP contribution in [-0.4, -0.2) is 18.9 Å². The number of halogens is 4. The molecule has 0 atom stereocenters. The molecule has 1 fully saturated rings. The van der Waals surface area contributed by atoms with E-state index in [1.54, 1.807) is 0 Å². The third-order valence-corrected chi connectivity index (χ3v) is 3.28. The summed E-state index contributed by atoms with van der Waals surface area (Å²) in [5.74, 6) is -2.40. The molecule has 1 aliphatic heterocycles. The number of Topliss-reactive ketones (excluding diaryl/α,β-unsaturated/α-hetero) is 1. The average molecular weight is 275 g/mol. The largest absolute Gasteiger partial charge is 0.419 e. The van der Waals surface area contributed by atoms with Crippen molar-refractivity contribution in [2.75, 3.05) is 13.1 Å². The summed E-state index contributed by atoms with van der Waals surface area (Å²) in [4.78, 5) is 12.1. The highest BCUT2D eigenvalue weighted by Gasteiger charge is 2.36. The summed E-state index contributed by atoms with van der Waals surface area (Å²) >= 11 is 0. The van der Waals surface area contributed by atoms with Crippen LogP contribution in [0.1, 0.15) is 28.8 Å². The smallest absolute Gasteiger partial charge is 0.317 e. The molecular formula is C13H13F4NO. The van der Waals surface area contributed by atoms with Gasteiger partial charge in [-0.1, -0.05) is 6.07 Å². The summed E-state index contributed by atoms with van der Waals surface area (Å²) in [6.07, 6.45) is -3.74. The lowest BCUT2D eigenvalue weighted by molar-refractivity contribution is -0.140. The molecule has 1 aliphatic rings. The van der Waals surface area contributed by atoms with Crippen LogP contribution in [0.25, 0.3) is 0 Å². The van der Waals surface area contributed by atoms with Gasteiger partial charge in [0, 0.05) is 5.92 Å². The van der Waals surface area contributed by atoms with Crippen molar-refractivity contribution in [3.8, 4) is 0 Å². The van der Waals surface area contributed by atoms with Crippen LogP contribution in [0.3, 0.4) is 0 Å². The van der Waals surface area contributed by atoms with Crippen LogP contribution < -0.4 is 5.32 Å². The molecule has 0 aliphatic carbocycles. The van der Waals surface area contributed by atoms with Crippen molar-refractivity contribution in [1.29, 1.82) is 0 Å². The van der Waals surface area contributed by atoms with Crippen molar-refractivity contribution in [3.05, 3.63) is 35.1 Å². The first-order chi connectivity index (χ1) is 8.91. The minimum atomic E-state index is -4.78. The topological polar surface area (TPSA) is 29.1 Å². The van der Waals surface area contributed by atoms with Crippen molar-refractivity contribution in [1.82, 2.24) is 5.32 Å². The highest BCUT2D eigenvalue weighted by Crippen LogP contribution is 2.33. The van der Waals surface area contributed by atoms with Crippen LogP contribution in [0.15, 0.2) is 18.2 Å². The van der Waals surface area contributed by atoms with Gasteiger partial charge in [0.2, 0.25) is 0 Å². The molecule has 1 aromatic rings. The Hall–Kier alpha value is -1.43. The zero-order valence-electron chi connectivity index (χ0n) is 10.1. The number of hydrogen-bond acceptors (Lipinski definition) is 2. The van der Waals surface area contributed by atoms with E-state index in [0.29, 0.717) is 32.0 Å². The third-order valence-electron chi connectivity index (χ3n) is 3.28. The lowest BCUT2D eigenvalue weighted by Crippen LogP contribution is -2.32. The highest BCUT2D eigenvalue weighted by atomic mass is 19.4. The van der Waals surface area contributed by atoms with Gasteiger partial charge in [0.15, 0.2) is 5.78 Å². The van der Waals surface area contributed by atoms with Crippen LogP contribution in [0.2, 0.25) is 0 Å². The Morgan fingerprint density at radius 1 is 1.21 bits per heavy atom. The summed E-state index contributed by atoms with van der Waals surface area (Å²) < 4.78 is 51.5. The Bertz CT molecular complexity index is 478. The monoisotopic (exact) mass is 275 g/mol. The van der Waals surface area contributed by atoms with Gasteiger partial charge in [0.05, 0.1) is 11.1 Å². The fraction of sp³-hybridized carbons (Fsp3) is 0.462. The second-order valence-electron chi connectivity index (χ2n) is 4.55. The number of ketones is 1. The SMILES string of the molecule is O=C(c1cccc(C(F)(F)F)c1F)C1CCNCC1. The maximum atomic E-state index is 13.8. The second-order valence-corrected chi connectivity index (χ2v) is 4.55. The molecule has 19 heavy (non-hydrogen) atoms. The van der Waals surface area contributed by atoms with Crippen LogP contribution >= 0.6 is 0 Å². The quantitative estimate of drug-likeness (QED) is 0.664. The summed E-state index contributed by atoms with van der Waals surface area (Å²) in [5.41, 5.74) is -1.84. The first-order valence-corrected chi connectivity index (χ1v) is 6.02. The van der Waals surface area contributed by atoms with E-state index in [2.05, 4.69) is 5.32 Å². The van der Waals surface area contributed by atoms with Gasteiger partial charge in [-0.2, -0.15) is 13.2 Å². The molecule has 2 rings (SSSR count). The van der Waals surface area contributed by atoms with Gasteiger partial charge in [0.25, 0.3) is 0 Å². The van der Waals surface area contributed by atoms with Gasteiger partial charge < -0.3 is 5.32 Å². The number of piperidine rings is 1. The van der Waals surface area contributed by atoms with Crippen LogP contribution in [0.4, 0.5) is 17.6 Å². The molecule has 0 radical (unpaired) electrons. The molecule has 0 spiro atoms. The van der Waals surface area contributed by atoms with E-state index in [4.69, 9.17) is 0 Å². The lowest BCUT2D eigenvalue weighted by atomic mass is 9.89. The molecule has 1 aromatic carbocycles. The Labute approximate surface area is 107 Å². The minimum Gasteiger partial charge on any atom is -0.317 e. The van der Waals surface area contributed by atoms with E-state index in [-0.39, 0.29) is 0 Å². The molecular weight excluding hydrogens is 262 g/mol. The molecule has 6 heteroatoms.